The molecule has 1 aliphatic rings. The SMILES string of the molecule is CC(C)(C)c1ccc(NC2CCC(N)CC2)cc1C#N. The number of nitrogens with zero attached hydrogens (tertiary/aromatic N) is 1. The molecule has 1 aromatic rings. The number of hydrogen-bond acceptors (Lipinski definition) is 3. The van der Waals surface area contributed by atoms with Gasteiger partial charge < -0.3 is 11.1 Å². The standard InChI is InChI=1S/C17H25N3/c1-17(2,3)16-9-8-15(10-12(16)11-18)20-14-6-4-13(19)5-7-14/h8-10,13-14,20H,4-7,19H2,1-3H3. The molecular formula is C17H25N3. The van der Waals surface area contributed by atoms with E-state index in [0.29, 0.717) is 12.1 Å². The van der Waals surface area contributed by atoms with Crippen molar-refractivity contribution in [1.82, 2.24) is 0 Å². The molecule has 108 valence electrons. The summed E-state index contributed by atoms with van der Waals surface area (Å²) in [5, 5.41) is 12.9. The fourth-order valence-electron chi connectivity index (χ4n) is 2.88. The molecule has 1 aliphatic carbocycles. The summed E-state index contributed by atoms with van der Waals surface area (Å²) in [6, 6.07) is 9.33. The predicted molar refractivity (Wildman–Crippen MR) is 83.7 cm³/mol. The van der Waals surface area contributed by atoms with Crippen LogP contribution in [0.25, 0.3) is 0 Å². The lowest BCUT2D eigenvalue weighted by Crippen LogP contribution is -2.32. The average Bonchev–Trinajstić information content (AvgIpc) is 2.40. The number of rotatable bonds is 2. The van der Waals surface area contributed by atoms with Crippen LogP contribution in [0.3, 0.4) is 0 Å². The Morgan fingerprint density at radius 1 is 1.20 bits per heavy atom. The van der Waals surface area contributed by atoms with Crippen LogP contribution < -0.4 is 11.1 Å². The van der Waals surface area contributed by atoms with E-state index < -0.39 is 0 Å². The van der Waals surface area contributed by atoms with Gasteiger partial charge in [0.2, 0.25) is 0 Å². The van der Waals surface area contributed by atoms with E-state index in [4.69, 9.17) is 5.73 Å². The minimum atomic E-state index is 0.00119. The highest BCUT2D eigenvalue weighted by molar-refractivity contribution is 5.55. The van der Waals surface area contributed by atoms with Crippen LogP contribution in [-0.4, -0.2) is 12.1 Å². The van der Waals surface area contributed by atoms with Crippen molar-refractivity contribution in [2.45, 2.75) is 64.0 Å². The predicted octanol–water partition coefficient (Wildman–Crippen LogP) is 3.54. The summed E-state index contributed by atoms with van der Waals surface area (Å²) < 4.78 is 0. The van der Waals surface area contributed by atoms with Gasteiger partial charge in [0.05, 0.1) is 11.6 Å². The summed E-state index contributed by atoms with van der Waals surface area (Å²) in [4.78, 5) is 0. The molecule has 0 aromatic heterocycles. The Kier molecular flexibility index (Phi) is 4.35. The van der Waals surface area contributed by atoms with Gasteiger partial charge in [0.1, 0.15) is 0 Å². The number of hydrogen-bond donors (Lipinski definition) is 2. The van der Waals surface area contributed by atoms with Crippen molar-refractivity contribution in [2.24, 2.45) is 5.73 Å². The molecule has 1 aromatic carbocycles. The number of anilines is 1. The van der Waals surface area contributed by atoms with E-state index in [2.05, 4.69) is 44.3 Å². The van der Waals surface area contributed by atoms with Crippen LogP contribution >= 0.6 is 0 Å². The highest BCUT2D eigenvalue weighted by atomic mass is 14.9. The second-order valence-corrected chi connectivity index (χ2v) is 6.88. The average molecular weight is 271 g/mol. The third kappa shape index (κ3) is 3.52. The lowest BCUT2D eigenvalue weighted by Gasteiger charge is -2.28. The van der Waals surface area contributed by atoms with Gasteiger partial charge in [-0.2, -0.15) is 5.26 Å². The van der Waals surface area contributed by atoms with E-state index in [9.17, 15) is 5.26 Å². The van der Waals surface area contributed by atoms with Crippen LogP contribution in [0, 0.1) is 11.3 Å². The maximum Gasteiger partial charge on any atom is 0.0995 e. The summed E-state index contributed by atoms with van der Waals surface area (Å²) in [6.07, 6.45) is 4.40. The molecule has 2 rings (SSSR count). The largest absolute Gasteiger partial charge is 0.382 e. The molecule has 0 spiro atoms. The Labute approximate surface area is 122 Å². The van der Waals surface area contributed by atoms with Crippen LogP contribution in [0.1, 0.15) is 57.6 Å². The Hall–Kier alpha value is -1.53. The highest BCUT2D eigenvalue weighted by Gasteiger charge is 2.20. The summed E-state index contributed by atoms with van der Waals surface area (Å²) >= 11 is 0. The fraction of sp³-hybridized carbons (Fsp3) is 0.588. The first-order chi connectivity index (χ1) is 9.40. The van der Waals surface area contributed by atoms with Crippen molar-refractivity contribution in [2.75, 3.05) is 5.32 Å². The van der Waals surface area contributed by atoms with Gasteiger partial charge in [-0.05, 0) is 48.8 Å². The number of benzene rings is 1. The smallest absolute Gasteiger partial charge is 0.0995 e. The Balaban J connectivity index is 2.12. The third-order valence-corrected chi connectivity index (χ3v) is 4.09. The molecule has 1 saturated carbocycles. The van der Waals surface area contributed by atoms with E-state index in [-0.39, 0.29) is 5.41 Å². The topological polar surface area (TPSA) is 61.8 Å². The van der Waals surface area contributed by atoms with Crippen molar-refractivity contribution in [3.05, 3.63) is 29.3 Å². The van der Waals surface area contributed by atoms with Crippen molar-refractivity contribution in [3.8, 4) is 6.07 Å². The Morgan fingerprint density at radius 2 is 1.85 bits per heavy atom. The molecule has 0 bridgehead atoms. The van der Waals surface area contributed by atoms with Crippen molar-refractivity contribution in [3.63, 3.8) is 0 Å². The van der Waals surface area contributed by atoms with Crippen molar-refractivity contribution >= 4 is 5.69 Å². The molecule has 1 fully saturated rings. The molecule has 3 N–H and O–H groups in total. The van der Waals surface area contributed by atoms with Gasteiger partial charge >= 0.3 is 0 Å². The van der Waals surface area contributed by atoms with Gasteiger partial charge in [-0.3, -0.25) is 0 Å². The van der Waals surface area contributed by atoms with Gasteiger partial charge in [-0.25, -0.2) is 0 Å². The molecule has 3 nitrogen and oxygen atoms in total. The van der Waals surface area contributed by atoms with Gasteiger partial charge in [-0.15, -0.1) is 0 Å². The summed E-state index contributed by atoms with van der Waals surface area (Å²) in [5.41, 5.74) is 8.87. The molecule has 0 aliphatic heterocycles. The third-order valence-electron chi connectivity index (χ3n) is 4.09. The van der Waals surface area contributed by atoms with Gasteiger partial charge in [-0.1, -0.05) is 26.8 Å². The lowest BCUT2D eigenvalue weighted by molar-refractivity contribution is 0.411. The van der Waals surface area contributed by atoms with Crippen LogP contribution in [-0.2, 0) is 5.41 Å². The lowest BCUT2D eigenvalue weighted by atomic mass is 9.84. The number of nitrogens with two attached hydrogens (primary N) is 1. The first-order valence-electron chi connectivity index (χ1n) is 7.47. The Bertz CT molecular complexity index is 500. The van der Waals surface area contributed by atoms with Crippen LogP contribution in [0.15, 0.2) is 18.2 Å². The van der Waals surface area contributed by atoms with E-state index in [1.165, 1.54) is 0 Å². The van der Waals surface area contributed by atoms with Crippen LogP contribution in [0.2, 0.25) is 0 Å². The number of nitriles is 1. The van der Waals surface area contributed by atoms with Crippen molar-refractivity contribution in [1.29, 1.82) is 5.26 Å². The molecule has 20 heavy (non-hydrogen) atoms. The quantitative estimate of drug-likeness (QED) is 0.865. The zero-order valence-corrected chi connectivity index (χ0v) is 12.7. The molecule has 0 heterocycles. The molecule has 0 saturated heterocycles. The number of nitrogens with one attached hydrogen (secondary N) is 1. The first kappa shape index (κ1) is 14.9. The van der Waals surface area contributed by atoms with Crippen molar-refractivity contribution < 1.29 is 0 Å². The normalized spacial score (nSPS) is 23.1. The molecule has 0 unspecified atom stereocenters. The van der Waals surface area contributed by atoms with E-state index in [0.717, 1.165) is 42.5 Å². The second-order valence-electron chi connectivity index (χ2n) is 6.88. The fourth-order valence-corrected chi connectivity index (χ4v) is 2.88. The molecular weight excluding hydrogens is 246 g/mol. The second kappa shape index (κ2) is 5.85. The summed E-state index contributed by atoms with van der Waals surface area (Å²) in [7, 11) is 0. The molecule has 0 amide bonds. The monoisotopic (exact) mass is 271 g/mol. The van der Waals surface area contributed by atoms with Gasteiger partial charge in [0, 0.05) is 17.8 Å². The van der Waals surface area contributed by atoms with E-state index in [1.54, 1.807) is 0 Å². The molecule has 3 heteroatoms. The molecule has 0 radical (unpaired) electrons. The maximum atomic E-state index is 9.35. The van der Waals surface area contributed by atoms with E-state index >= 15 is 0 Å². The van der Waals surface area contributed by atoms with Crippen LogP contribution in [0.4, 0.5) is 5.69 Å². The highest BCUT2D eigenvalue weighted by Crippen LogP contribution is 2.29. The zero-order valence-electron chi connectivity index (χ0n) is 12.7. The van der Waals surface area contributed by atoms with Crippen LogP contribution in [0.5, 0.6) is 0 Å². The summed E-state index contributed by atoms with van der Waals surface area (Å²) in [6.45, 7) is 6.41. The van der Waals surface area contributed by atoms with E-state index in [1.807, 2.05) is 6.07 Å². The zero-order chi connectivity index (χ0) is 14.8. The maximum absolute atomic E-state index is 9.35. The summed E-state index contributed by atoms with van der Waals surface area (Å²) in [5.74, 6) is 0. The minimum absolute atomic E-state index is 0.00119. The first-order valence-corrected chi connectivity index (χ1v) is 7.47. The van der Waals surface area contributed by atoms with Gasteiger partial charge in [0.15, 0.2) is 0 Å². The molecule has 0 atom stereocenters. The van der Waals surface area contributed by atoms with Gasteiger partial charge in [0.25, 0.3) is 0 Å². The Morgan fingerprint density at radius 3 is 2.40 bits per heavy atom. The minimum Gasteiger partial charge on any atom is -0.382 e.